The molecule has 2 nitrogen and oxygen atoms in total. The quantitative estimate of drug-likeness (QED) is 0.720. The van der Waals surface area contributed by atoms with Crippen LogP contribution in [0.4, 0.5) is 8.78 Å². The van der Waals surface area contributed by atoms with E-state index in [4.69, 9.17) is 9.47 Å². The highest BCUT2D eigenvalue weighted by molar-refractivity contribution is 5.20. The monoisotopic (exact) mass is 314 g/mol. The molecule has 2 aliphatic carbocycles. The molecule has 0 N–H and O–H groups in total. The van der Waals surface area contributed by atoms with Gasteiger partial charge in [0.2, 0.25) is 0 Å². The van der Waals surface area contributed by atoms with Gasteiger partial charge in [0.1, 0.15) is 6.10 Å². The second-order valence-electron chi connectivity index (χ2n) is 7.47. The van der Waals surface area contributed by atoms with Gasteiger partial charge in [0.25, 0.3) is 0 Å². The fraction of sp³-hybridized carbons (Fsp3) is 0.889. The van der Waals surface area contributed by atoms with Crippen molar-refractivity contribution >= 4 is 0 Å². The normalized spacial score (nSPS) is 46.0. The van der Waals surface area contributed by atoms with E-state index in [9.17, 15) is 8.78 Å². The molecule has 0 aromatic heterocycles. The van der Waals surface area contributed by atoms with Gasteiger partial charge in [-0.3, -0.25) is 0 Å². The zero-order chi connectivity index (χ0) is 15.7. The number of halogens is 2. The summed E-state index contributed by atoms with van der Waals surface area (Å²) in [5, 5.41) is 0. The summed E-state index contributed by atoms with van der Waals surface area (Å²) in [5.41, 5.74) is 0.891. The molecule has 0 amide bonds. The maximum atomic E-state index is 14.3. The predicted molar refractivity (Wildman–Crippen MR) is 82.3 cm³/mol. The molecule has 22 heavy (non-hydrogen) atoms. The Bertz CT molecular complexity index is 404. The van der Waals surface area contributed by atoms with Crippen LogP contribution in [0.25, 0.3) is 0 Å². The van der Waals surface area contributed by atoms with Crippen LogP contribution in [-0.4, -0.2) is 37.3 Å². The minimum atomic E-state index is -1.60. The molecule has 4 heteroatoms. The van der Waals surface area contributed by atoms with Crippen molar-refractivity contribution in [1.29, 1.82) is 0 Å². The number of hydrogen-bond acceptors (Lipinski definition) is 2. The lowest BCUT2D eigenvalue weighted by atomic mass is 9.82. The molecule has 5 unspecified atom stereocenters. The van der Waals surface area contributed by atoms with Gasteiger partial charge in [-0.1, -0.05) is 25.8 Å². The van der Waals surface area contributed by atoms with Gasteiger partial charge < -0.3 is 9.47 Å². The Morgan fingerprint density at radius 3 is 2.59 bits per heavy atom. The maximum Gasteiger partial charge on any atom is 0.164 e. The van der Waals surface area contributed by atoms with Crippen molar-refractivity contribution in [3.63, 3.8) is 0 Å². The van der Waals surface area contributed by atoms with E-state index in [0.29, 0.717) is 18.9 Å². The minimum absolute atomic E-state index is 0.0269. The van der Waals surface area contributed by atoms with Crippen LogP contribution in [0.5, 0.6) is 0 Å². The van der Waals surface area contributed by atoms with E-state index >= 15 is 0 Å². The zero-order valence-electron chi connectivity index (χ0n) is 13.6. The van der Waals surface area contributed by atoms with Crippen LogP contribution in [0.1, 0.15) is 52.4 Å². The molecule has 0 aromatic carbocycles. The zero-order valence-corrected chi connectivity index (χ0v) is 13.6. The molecule has 0 aromatic rings. The van der Waals surface area contributed by atoms with Crippen LogP contribution in [0, 0.1) is 11.8 Å². The van der Waals surface area contributed by atoms with E-state index < -0.39 is 24.6 Å². The van der Waals surface area contributed by atoms with Crippen molar-refractivity contribution in [1.82, 2.24) is 0 Å². The van der Waals surface area contributed by atoms with Crippen LogP contribution in [0.3, 0.4) is 0 Å². The molecule has 3 aliphatic rings. The first-order chi connectivity index (χ1) is 10.5. The van der Waals surface area contributed by atoms with Crippen LogP contribution in [-0.2, 0) is 9.47 Å². The number of rotatable bonds is 3. The molecule has 0 spiro atoms. The second-order valence-corrected chi connectivity index (χ2v) is 7.47. The Balaban J connectivity index is 1.55. The number of hydrogen-bond donors (Lipinski definition) is 0. The molecular weight excluding hydrogens is 286 g/mol. The Morgan fingerprint density at radius 1 is 1.14 bits per heavy atom. The highest BCUT2D eigenvalue weighted by atomic mass is 19.2. The topological polar surface area (TPSA) is 18.5 Å². The Labute approximate surface area is 132 Å². The summed E-state index contributed by atoms with van der Waals surface area (Å²) in [7, 11) is 0. The molecule has 1 heterocycles. The van der Waals surface area contributed by atoms with Gasteiger partial charge in [0.15, 0.2) is 12.3 Å². The lowest BCUT2D eigenvalue weighted by Gasteiger charge is -2.40. The Morgan fingerprint density at radius 2 is 1.86 bits per heavy atom. The van der Waals surface area contributed by atoms with Gasteiger partial charge in [-0.05, 0) is 43.6 Å². The molecule has 1 aliphatic heterocycles. The first-order valence-electron chi connectivity index (χ1n) is 8.78. The van der Waals surface area contributed by atoms with Gasteiger partial charge in [0, 0.05) is 13.0 Å². The van der Waals surface area contributed by atoms with Crippen molar-refractivity contribution in [2.24, 2.45) is 11.8 Å². The van der Waals surface area contributed by atoms with Crippen molar-refractivity contribution in [2.45, 2.75) is 83.0 Å². The van der Waals surface area contributed by atoms with Crippen LogP contribution < -0.4 is 0 Å². The summed E-state index contributed by atoms with van der Waals surface area (Å²) in [4.78, 5) is 0. The highest BCUT2D eigenvalue weighted by Crippen LogP contribution is 2.37. The standard InChI is InChI=1S/C18H28F2O2/c1-11-3-6-13(7-4-11)10-21-15-9-14-8-5-12(2)22-18(14)17(20)16(15)19/h8,11-13,15-18H,3-7,9-10H2,1-2H3. The smallest absolute Gasteiger partial charge is 0.164 e. The summed E-state index contributed by atoms with van der Waals surface area (Å²) in [6.45, 7) is 4.75. The average molecular weight is 314 g/mol. The van der Waals surface area contributed by atoms with E-state index in [1.165, 1.54) is 12.8 Å². The van der Waals surface area contributed by atoms with E-state index in [0.717, 1.165) is 30.8 Å². The Kier molecular flexibility index (Phi) is 5.18. The molecule has 0 saturated heterocycles. The molecule has 3 rings (SSSR count). The molecular formula is C18H28F2O2. The van der Waals surface area contributed by atoms with Crippen molar-refractivity contribution in [3.8, 4) is 0 Å². The van der Waals surface area contributed by atoms with Crippen LogP contribution >= 0.6 is 0 Å². The van der Waals surface area contributed by atoms with Crippen molar-refractivity contribution < 1.29 is 18.3 Å². The lowest BCUT2D eigenvalue weighted by molar-refractivity contribution is -0.118. The Hall–Kier alpha value is -0.480. The first-order valence-corrected chi connectivity index (χ1v) is 8.78. The number of alkyl halides is 2. The molecule has 126 valence electrons. The maximum absolute atomic E-state index is 14.3. The predicted octanol–water partition coefficient (Wildman–Crippen LogP) is 4.38. The molecule has 2 saturated carbocycles. The fourth-order valence-electron chi connectivity index (χ4n) is 3.93. The van der Waals surface area contributed by atoms with Gasteiger partial charge in [-0.15, -0.1) is 0 Å². The average Bonchev–Trinajstić information content (AvgIpc) is 2.52. The summed E-state index contributed by atoms with van der Waals surface area (Å²) in [6, 6.07) is 0. The molecule has 0 radical (unpaired) electrons. The largest absolute Gasteiger partial charge is 0.374 e. The second kappa shape index (κ2) is 6.96. The van der Waals surface area contributed by atoms with Gasteiger partial charge in [0.05, 0.1) is 12.2 Å². The minimum Gasteiger partial charge on any atom is -0.374 e. The van der Waals surface area contributed by atoms with Crippen LogP contribution in [0.2, 0.25) is 0 Å². The molecule has 0 bridgehead atoms. The summed E-state index contributed by atoms with van der Waals surface area (Å²) < 4.78 is 40.1. The summed E-state index contributed by atoms with van der Waals surface area (Å²) >= 11 is 0. The van der Waals surface area contributed by atoms with E-state index in [-0.39, 0.29) is 6.10 Å². The third-order valence-corrected chi connectivity index (χ3v) is 5.52. The van der Waals surface area contributed by atoms with E-state index in [1.54, 1.807) is 0 Å². The van der Waals surface area contributed by atoms with Crippen LogP contribution in [0.15, 0.2) is 11.6 Å². The van der Waals surface area contributed by atoms with Gasteiger partial charge in [-0.25, -0.2) is 8.78 Å². The van der Waals surface area contributed by atoms with Crippen molar-refractivity contribution in [3.05, 3.63) is 11.6 Å². The lowest BCUT2D eigenvalue weighted by Crippen LogP contribution is -2.50. The number of ether oxygens (including phenoxy) is 2. The molecule has 2 fully saturated rings. The SMILES string of the molecule is CC1CCC(COC2CC3=CCC(C)OC3C(F)C2F)CC1. The van der Waals surface area contributed by atoms with Gasteiger partial charge >= 0.3 is 0 Å². The summed E-state index contributed by atoms with van der Waals surface area (Å²) in [5.74, 6) is 1.30. The fourth-order valence-corrected chi connectivity index (χ4v) is 3.93. The van der Waals surface area contributed by atoms with Crippen molar-refractivity contribution in [2.75, 3.05) is 6.61 Å². The highest BCUT2D eigenvalue weighted by Gasteiger charge is 2.46. The molecule has 5 atom stereocenters. The third kappa shape index (κ3) is 3.53. The summed E-state index contributed by atoms with van der Waals surface area (Å²) in [6.07, 6.45) is 3.48. The van der Waals surface area contributed by atoms with Gasteiger partial charge in [-0.2, -0.15) is 0 Å². The number of fused-ring (bicyclic) bond motifs is 1. The van der Waals surface area contributed by atoms with E-state index in [2.05, 4.69) is 6.92 Å². The third-order valence-electron chi connectivity index (χ3n) is 5.52. The first kappa shape index (κ1) is 16.4. The van der Waals surface area contributed by atoms with E-state index in [1.807, 2.05) is 13.0 Å².